The zero-order chi connectivity index (χ0) is 20.1. The number of morpholine rings is 1. The van der Waals surface area contributed by atoms with Gasteiger partial charge in [0, 0.05) is 24.7 Å². The number of hydrogen-bond donors (Lipinski definition) is 4. The summed E-state index contributed by atoms with van der Waals surface area (Å²) in [5.74, 6) is -2.02. The number of rotatable bonds is 2. The van der Waals surface area contributed by atoms with E-state index in [2.05, 4.69) is 5.32 Å². The van der Waals surface area contributed by atoms with Crippen molar-refractivity contribution in [1.82, 2.24) is 5.32 Å². The minimum atomic E-state index is -0.888. The summed E-state index contributed by atoms with van der Waals surface area (Å²) >= 11 is 0. The number of phenols is 2. The fourth-order valence-corrected chi connectivity index (χ4v) is 2.74. The van der Waals surface area contributed by atoms with E-state index in [9.17, 15) is 24.9 Å². The van der Waals surface area contributed by atoms with E-state index >= 15 is 0 Å². The van der Waals surface area contributed by atoms with Crippen LogP contribution >= 0.6 is 0 Å². The highest BCUT2D eigenvalue weighted by molar-refractivity contribution is 5.97. The Labute approximate surface area is 159 Å². The molecule has 0 saturated carbocycles. The minimum absolute atomic E-state index is 0.0873. The summed E-state index contributed by atoms with van der Waals surface area (Å²) in [6.45, 7) is 3.83. The van der Waals surface area contributed by atoms with Crippen molar-refractivity contribution in [2.45, 2.75) is 0 Å². The number of aldehydes is 1. The molecule has 3 aromatic rings. The van der Waals surface area contributed by atoms with E-state index in [1.54, 1.807) is 30.3 Å². The molecular formula is C20H19NO7. The van der Waals surface area contributed by atoms with Crippen molar-refractivity contribution >= 4 is 17.3 Å². The number of aromatic hydroxyl groups is 3. The van der Waals surface area contributed by atoms with Crippen LogP contribution in [-0.4, -0.2) is 47.9 Å². The van der Waals surface area contributed by atoms with Gasteiger partial charge >= 0.3 is 0 Å². The summed E-state index contributed by atoms with van der Waals surface area (Å²) in [5, 5.41) is 32.5. The molecule has 8 heteroatoms. The number of hydrogen-bond acceptors (Lipinski definition) is 8. The SMILES string of the molecule is C1COCCN1.O=Cc1c(O)cc2oc(-c3ccccc3)c(O)c(=O)c2c1O. The Morgan fingerprint density at radius 1 is 1.00 bits per heavy atom. The van der Waals surface area contributed by atoms with Crippen molar-refractivity contribution in [2.24, 2.45) is 0 Å². The largest absolute Gasteiger partial charge is 0.507 e. The monoisotopic (exact) mass is 385 g/mol. The van der Waals surface area contributed by atoms with Crippen LogP contribution in [-0.2, 0) is 4.74 Å². The first-order valence-corrected chi connectivity index (χ1v) is 8.58. The van der Waals surface area contributed by atoms with E-state index in [0.717, 1.165) is 32.4 Å². The third-order valence-corrected chi connectivity index (χ3v) is 4.15. The maximum atomic E-state index is 12.3. The van der Waals surface area contributed by atoms with Crippen LogP contribution in [0.25, 0.3) is 22.3 Å². The van der Waals surface area contributed by atoms with Crippen LogP contribution in [0.3, 0.4) is 0 Å². The number of carbonyl (C=O) groups excluding carboxylic acids is 1. The molecule has 1 saturated heterocycles. The van der Waals surface area contributed by atoms with E-state index in [-0.39, 0.29) is 23.0 Å². The van der Waals surface area contributed by atoms with Crippen molar-refractivity contribution in [1.29, 1.82) is 0 Å². The molecule has 2 aromatic carbocycles. The average Bonchev–Trinajstić information content (AvgIpc) is 2.73. The smallest absolute Gasteiger partial charge is 0.238 e. The molecule has 1 fully saturated rings. The third kappa shape index (κ3) is 3.83. The van der Waals surface area contributed by atoms with E-state index in [1.807, 2.05) is 0 Å². The molecule has 4 rings (SSSR count). The van der Waals surface area contributed by atoms with Crippen LogP contribution in [0.2, 0.25) is 0 Å². The number of carbonyl (C=O) groups is 1. The molecule has 8 nitrogen and oxygen atoms in total. The molecule has 1 aromatic heterocycles. The van der Waals surface area contributed by atoms with E-state index in [1.165, 1.54) is 0 Å². The maximum absolute atomic E-state index is 12.3. The van der Waals surface area contributed by atoms with Crippen molar-refractivity contribution in [3.05, 3.63) is 52.2 Å². The number of nitrogens with one attached hydrogen (secondary N) is 1. The lowest BCUT2D eigenvalue weighted by molar-refractivity contribution is 0.109. The predicted octanol–water partition coefficient (Wildman–Crippen LogP) is 2.00. The zero-order valence-electron chi connectivity index (χ0n) is 14.8. The van der Waals surface area contributed by atoms with Crippen LogP contribution < -0.4 is 10.7 Å². The fraction of sp³-hybridized carbons (Fsp3) is 0.200. The van der Waals surface area contributed by atoms with Crippen LogP contribution in [0.15, 0.2) is 45.6 Å². The number of phenolic OH excluding ortho intramolecular Hbond substituents is 2. The number of benzene rings is 2. The summed E-state index contributed by atoms with van der Waals surface area (Å²) in [7, 11) is 0. The Bertz CT molecular complexity index is 1030. The zero-order valence-corrected chi connectivity index (χ0v) is 14.8. The van der Waals surface area contributed by atoms with Crippen molar-refractivity contribution in [3.63, 3.8) is 0 Å². The second-order valence-electron chi connectivity index (χ2n) is 5.99. The highest BCUT2D eigenvalue weighted by Gasteiger charge is 2.21. The molecule has 146 valence electrons. The standard InChI is InChI=1S/C16H10O6.C4H9NO/c17-7-9-10(18)6-11-12(13(9)19)14(20)15(21)16(22-11)8-4-2-1-3-5-8;1-3-6-4-2-5-1/h1-7,18-19,21H;5H,1-4H2. The van der Waals surface area contributed by atoms with Gasteiger partial charge in [-0.2, -0.15) is 0 Å². The third-order valence-electron chi connectivity index (χ3n) is 4.15. The summed E-state index contributed by atoms with van der Waals surface area (Å²) in [6.07, 6.45) is 0.214. The van der Waals surface area contributed by atoms with Crippen molar-refractivity contribution in [3.8, 4) is 28.6 Å². The molecule has 0 spiro atoms. The van der Waals surface area contributed by atoms with Crippen LogP contribution in [0, 0.1) is 0 Å². The topological polar surface area (TPSA) is 129 Å². The predicted molar refractivity (Wildman–Crippen MR) is 102 cm³/mol. The Morgan fingerprint density at radius 2 is 1.68 bits per heavy atom. The second-order valence-corrected chi connectivity index (χ2v) is 5.99. The van der Waals surface area contributed by atoms with Crippen LogP contribution in [0.4, 0.5) is 0 Å². The maximum Gasteiger partial charge on any atom is 0.238 e. The minimum Gasteiger partial charge on any atom is -0.507 e. The highest BCUT2D eigenvalue weighted by atomic mass is 16.5. The summed E-state index contributed by atoms with van der Waals surface area (Å²) in [6, 6.07) is 9.46. The molecule has 4 N–H and O–H groups in total. The van der Waals surface area contributed by atoms with Crippen LogP contribution in [0.5, 0.6) is 17.2 Å². The van der Waals surface area contributed by atoms with Gasteiger partial charge in [0.2, 0.25) is 11.2 Å². The van der Waals surface area contributed by atoms with Gasteiger partial charge in [-0.05, 0) is 0 Å². The lowest BCUT2D eigenvalue weighted by atomic mass is 10.1. The van der Waals surface area contributed by atoms with Gasteiger partial charge < -0.3 is 29.8 Å². The van der Waals surface area contributed by atoms with Gasteiger partial charge in [-0.1, -0.05) is 30.3 Å². The average molecular weight is 385 g/mol. The molecule has 2 heterocycles. The Morgan fingerprint density at radius 3 is 2.21 bits per heavy atom. The summed E-state index contributed by atoms with van der Waals surface area (Å²) in [5.41, 5.74) is -1.01. The van der Waals surface area contributed by atoms with Gasteiger partial charge in [-0.15, -0.1) is 0 Å². The summed E-state index contributed by atoms with van der Waals surface area (Å²) < 4.78 is 10.4. The van der Waals surface area contributed by atoms with Gasteiger partial charge in [-0.25, -0.2) is 0 Å². The molecule has 0 unspecified atom stereocenters. The van der Waals surface area contributed by atoms with Gasteiger partial charge in [0.25, 0.3) is 0 Å². The van der Waals surface area contributed by atoms with Crippen LogP contribution in [0.1, 0.15) is 10.4 Å². The van der Waals surface area contributed by atoms with E-state index in [0.29, 0.717) is 5.56 Å². The molecule has 1 aliphatic heterocycles. The quantitative estimate of drug-likeness (QED) is 0.493. The summed E-state index contributed by atoms with van der Waals surface area (Å²) in [4.78, 5) is 23.1. The highest BCUT2D eigenvalue weighted by Crippen LogP contribution is 2.37. The van der Waals surface area contributed by atoms with Gasteiger partial charge in [0.1, 0.15) is 22.5 Å². The van der Waals surface area contributed by atoms with Gasteiger partial charge in [-0.3, -0.25) is 9.59 Å². The van der Waals surface area contributed by atoms with Crippen molar-refractivity contribution < 1.29 is 29.3 Å². The molecule has 0 radical (unpaired) electrons. The molecular weight excluding hydrogens is 366 g/mol. The molecule has 28 heavy (non-hydrogen) atoms. The Hall–Kier alpha value is -3.36. The second kappa shape index (κ2) is 8.55. The van der Waals surface area contributed by atoms with Gasteiger partial charge in [0.15, 0.2) is 12.0 Å². The van der Waals surface area contributed by atoms with Gasteiger partial charge in [0.05, 0.1) is 18.8 Å². The Kier molecular flexibility index (Phi) is 5.93. The fourth-order valence-electron chi connectivity index (χ4n) is 2.74. The Balaban J connectivity index is 0.000000320. The first-order valence-electron chi connectivity index (χ1n) is 8.58. The molecule has 0 bridgehead atoms. The molecule has 0 aliphatic carbocycles. The van der Waals surface area contributed by atoms with Crippen molar-refractivity contribution in [2.75, 3.05) is 26.3 Å². The normalized spacial score (nSPS) is 13.6. The number of fused-ring (bicyclic) bond motifs is 1. The lowest BCUT2D eigenvalue weighted by Crippen LogP contribution is -2.30. The lowest BCUT2D eigenvalue weighted by Gasteiger charge is -2.10. The molecule has 0 amide bonds. The first-order chi connectivity index (χ1) is 13.5. The molecule has 1 aliphatic rings. The van der Waals surface area contributed by atoms with E-state index in [4.69, 9.17) is 9.15 Å². The molecule has 0 atom stereocenters. The first kappa shape index (κ1) is 19.4. The van der Waals surface area contributed by atoms with E-state index < -0.39 is 28.2 Å². The number of ether oxygens (including phenoxy) is 1.